The molecule has 2 unspecified atom stereocenters. The predicted molar refractivity (Wildman–Crippen MR) is 48.3 cm³/mol. The highest BCUT2D eigenvalue weighted by Gasteiger charge is 2.33. The number of carbonyl (C=O) groups excluding carboxylic acids is 1. The molecule has 0 rings (SSSR count). The molecule has 0 heterocycles. The summed E-state index contributed by atoms with van der Waals surface area (Å²) in [5.74, 6) is -0.936. The number of ether oxygens (including phenoxy) is 2. The Morgan fingerprint density at radius 1 is 1.54 bits per heavy atom. The minimum Gasteiger partial charge on any atom is -0.469 e. The van der Waals surface area contributed by atoms with Crippen LogP contribution in [-0.2, 0) is 14.3 Å². The van der Waals surface area contributed by atoms with Crippen LogP contribution in [0, 0.1) is 5.92 Å². The van der Waals surface area contributed by atoms with Gasteiger partial charge in [-0.15, -0.1) is 0 Å². The van der Waals surface area contributed by atoms with Crippen LogP contribution in [0.4, 0.5) is 0 Å². The molecule has 0 aliphatic rings. The van der Waals surface area contributed by atoms with Crippen LogP contribution in [0.1, 0.15) is 20.3 Å². The zero-order valence-electron chi connectivity index (χ0n) is 8.66. The molecule has 0 aliphatic heterocycles. The molecule has 0 aromatic heterocycles. The fourth-order valence-corrected chi connectivity index (χ4v) is 0.956. The smallest absolute Gasteiger partial charge is 0.311 e. The van der Waals surface area contributed by atoms with E-state index in [1.165, 1.54) is 7.11 Å². The molecule has 4 nitrogen and oxygen atoms in total. The van der Waals surface area contributed by atoms with Crippen molar-refractivity contribution >= 4 is 5.97 Å². The molecule has 0 radical (unpaired) electrons. The number of hydrogen-bond acceptors (Lipinski definition) is 4. The van der Waals surface area contributed by atoms with Crippen molar-refractivity contribution in [3.8, 4) is 0 Å². The first-order valence-electron chi connectivity index (χ1n) is 4.25. The standard InChI is InChI=1S/C9H18O4/c1-7(8(10)13-4)9(2,11)5-6-12-3/h7,11H,5-6H2,1-4H3. The second kappa shape index (κ2) is 5.19. The van der Waals surface area contributed by atoms with Crippen molar-refractivity contribution < 1.29 is 19.4 Å². The lowest BCUT2D eigenvalue weighted by Crippen LogP contribution is -2.39. The number of hydrogen-bond donors (Lipinski definition) is 1. The average Bonchev–Trinajstić information content (AvgIpc) is 2.12. The molecule has 78 valence electrons. The van der Waals surface area contributed by atoms with Crippen molar-refractivity contribution in [3.05, 3.63) is 0 Å². The highest BCUT2D eigenvalue weighted by molar-refractivity contribution is 5.73. The average molecular weight is 190 g/mol. The van der Waals surface area contributed by atoms with E-state index in [4.69, 9.17) is 4.74 Å². The van der Waals surface area contributed by atoms with Crippen LogP contribution < -0.4 is 0 Å². The maximum Gasteiger partial charge on any atom is 0.311 e. The zero-order valence-corrected chi connectivity index (χ0v) is 8.66. The molecule has 0 saturated heterocycles. The van der Waals surface area contributed by atoms with Gasteiger partial charge in [0.25, 0.3) is 0 Å². The lowest BCUT2D eigenvalue weighted by molar-refractivity contribution is -0.154. The van der Waals surface area contributed by atoms with Crippen LogP contribution in [0.5, 0.6) is 0 Å². The van der Waals surface area contributed by atoms with Gasteiger partial charge in [-0.3, -0.25) is 4.79 Å². The number of carbonyl (C=O) groups is 1. The summed E-state index contributed by atoms with van der Waals surface area (Å²) in [4.78, 5) is 11.1. The predicted octanol–water partition coefficient (Wildman–Crippen LogP) is 0.583. The minimum atomic E-state index is -1.07. The van der Waals surface area contributed by atoms with E-state index in [0.717, 1.165) is 0 Å². The Morgan fingerprint density at radius 2 is 2.08 bits per heavy atom. The van der Waals surface area contributed by atoms with Crippen molar-refractivity contribution in [2.45, 2.75) is 25.9 Å². The molecule has 1 N–H and O–H groups in total. The van der Waals surface area contributed by atoms with Gasteiger partial charge in [-0.25, -0.2) is 0 Å². The van der Waals surface area contributed by atoms with E-state index >= 15 is 0 Å². The van der Waals surface area contributed by atoms with Crippen LogP contribution in [0.25, 0.3) is 0 Å². The summed E-state index contributed by atoms with van der Waals surface area (Å²) in [5, 5.41) is 9.83. The van der Waals surface area contributed by atoms with Crippen molar-refractivity contribution in [1.82, 2.24) is 0 Å². The molecular formula is C9H18O4. The Hall–Kier alpha value is -0.610. The Balaban J connectivity index is 4.17. The van der Waals surface area contributed by atoms with E-state index in [1.807, 2.05) is 0 Å². The highest BCUT2D eigenvalue weighted by Crippen LogP contribution is 2.21. The number of methoxy groups -OCH3 is 2. The molecule has 2 atom stereocenters. The van der Waals surface area contributed by atoms with Gasteiger partial charge in [-0.1, -0.05) is 0 Å². The summed E-state index contributed by atoms with van der Waals surface area (Å²) in [6.07, 6.45) is 0.416. The van der Waals surface area contributed by atoms with Gasteiger partial charge in [0.15, 0.2) is 0 Å². The van der Waals surface area contributed by atoms with E-state index in [9.17, 15) is 9.90 Å². The van der Waals surface area contributed by atoms with E-state index < -0.39 is 17.5 Å². The second-order valence-corrected chi connectivity index (χ2v) is 3.34. The minimum absolute atomic E-state index is 0.402. The van der Waals surface area contributed by atoms with Gasteiger partial charge >= 0.3 is 5.97 Å². The molecular weight excluding hydrogens is 172 g/mol. The fourth-order valence-electron chi connectivity index (χ4n) is 0.956. The number of aliphatic hydroxyl groups is 1. The molecule has 0 amide bonds. The molecule has 0 aliphatic carbocycles. The Morgan fingerprint density at radius 3 is 2.46 bits per heavy atom. The van der Waals surface area contributed by atoms with Crippen molar-refractivity contribution in [2.75, 3.05) is 20.8 Å². The molecule has 0 aromatic carbocycles. The monoisotopic (exact) mass is 190 g/mol. The second-order valence-electron chi connectivity index (χ2n) is 3.34. The van der Waals surface area contributed by atoms with Crippen molar-refractivity contribution in [3.63, 3.8) is 0 Å². The topological polar surface area (TPSA) is 55.8 Å². The Labute approximate surface area is 78.8 Å². The molecule has 4 heteroatoms. The normalized spacial score (nSPS) is 17.6. The summed E-state index contributed by atoms with van der Waals surface area (Å²) >= 11 is 0. The van der Waals surface area contributed by atoms with Crippen LogP contribution >= 0.6 is 0 Å². The van der Waals surface area contributed by atoms with Gasteiger partial charge in [-0.05, 0) is 13.8 Å². The largest absolute Gasteiger partial charge is 0.469 e. The third-order valence-corrected chi connectivity index (χ3v) is 2.30. The maximum atomic E-state index is 11.1. The fraction of sp³-hybridized carbons (Fsp3) is 0.889. The molecule has 0 saturated carbocycles. The molecule has 0 spiro atoms. The first-order chi connectivity index (χ1) is 5.95. The zero-order chi connectivity index (χ0) is 10.5. The van der Waals surface area contributed by atoms with E-state index in [-0.39, 0.29) is 0 Å². The first kappa shape index (κ1) is 12.4. The van der Waals surface area contributed by atoms with E-state index in [0.29, 0.717) is 13.0 Å². The SMILES string of the molecule is COCCC(C)(O)C(C)C(=O)OC. The molecule has 13 heavy (non-hydrogen) atoms. The maximum absolute atomic E-state index is 11.1. The summed E-state index contributed by atoms with van der Waals surface area (Å²) in [6.45, 7) is 3.67. The quantitative estimate of drug-likeness (QED) is 0.644. The third-order valence-electron chi connectivity index (χ3n) is 2.30. The summed E-state index contributed by atoms with van der Waals surface area (Å²) < 4.78 is 9.37. The Kier molecular flexibility index (Phi) is 4.95. The molecule has 0 aromatic rings. The van der Waals surface area contributed by atoms with Gasteiger partial charge in [-0.2, -0.15) is 0 Å². The summed E-state index contributed by atoms with van der Waals surface area (Å²) in [7, 11) is 2.87. The van der Waals surface area contributed by atoms with E-state index in [2.05, 4.69) is 4.74 Å². The van der Waals surface area contributed by atoms with Gasteiger partial charge in [0.05, 0.1) is 18.6 Å². The van der Waals surface area contributed by atoms with Crippen molar-refractivity contribution in [2.24, 2.45) is 5.92 Å². The summed E-state index contributed by atoms with van der Waals surface area (Å²) in [6, 6.07) is 0. The number of esters is 1. The van der Waals surface area contributed by atoms with Gasteiger partial charge in [0.2, 0.25) is 0 Å². The van der Waals surface area contributed by atoms with Crippen LogP contribution in [-0.4, -0.2) is 37.5 Å². The first-order valence-corrected chi connectivity index (χ1v) is 4.25. The lowest BCUT2D eigenvalue weighted by Gasteiger charge is -2.27. The lowest BCUT2D eigenvalue weighted by atomic mass is 9.88. The third kappa shape index (κ3) is 3.74. The summed E-state index contributed by atoms with van der Waals surface area (Å²) in [5.41, 5.74) is -1.07. The number of rotatable bonds is 5. The van der Waals surface area contributed by atoms with Crippen LogP contribution in [0.3, 0.4) is 0 Å². The van der Waals surface area contributed by atoms with Crippen LogP contribution in [0.2, 0.25) is 0 Å². The van der Waals surface area contributed by atoms with E-state index in [1.54, 1.807) is 21.0 Å². The Bertz CT molecular complexity index is 165. The van der Waals surface area contributed by atoms with Crippen LogP contribution in [0.15, 0.2) is 0 Å². The van der Waals surface area contributed by atoms with Gasteiger partial charge in [0.1, 0.15) is 0 Å². The highest BCUT2D eigenvalue weighted by atomic mass is 16.5. The van der Waals surface area contributed by atoms with Gasteiger partial charge < -0.3 is 14.6 Å². The van der Waals surface area contributed by atoms with Crippen molar-refractivity contribution in [1.29, 1.82) is 0 Å². The molecule has 0 bridgehead atoms. The molecule has 0 fully saturated rings. The van der Waals surface area contributed by atoms with Gasteiger partial charge in [0, 0.05) is 20.1 Å².